The van der Waals surface area contributed by atoms with Crippen molar-refractivity contribution < 1.29 is 14.8 Å². The zero-order valence-electron chi connectivity index (χ0n) is 8.27. The van der Waals surface area contributed by atoms with Gasteiger partial charge in [0.05, 0.1) is 17.6 Å². The minimum Gasteiger partial charge on any atom is -0.490 e. The highest BCUT2D eigenvalue weighted by Crippen LogP contribution is 2.34. The summed E-state index contributed by atoms with van der Waals surface area (Å²) in [5, 5.41) is 19.6. The smallest absolute Gasteiger partial charge is 0.316 e. The van der Waals surface area contributed by atoms with E-state index in [4.69, 9.17) is 15.6 Å². The van der Waals surface area contributed by atoms with Gasteiger partial charge in [-0.15, -0.1) is 0 Å². The Morgan fingerprint density at radius 3 is 2.73 bits per heavy atom. The van der Waals surface area contributed by atoms with E-state index < -0.39 is 4.92 Å². The maximum atomic E-state index is 10.8. The number of nitro groups is 1. The molecule has 0 aromatic heterocycles. The molecule has 0 radical (unpaired) electrons. The molecular formula is C9H12N2O4. The third kappa shape index (κ3) is 2.16. The van der Waals surface area contributed by atoms with Gasteiger partial charge in [0, 0.05) is 18.7 Å². The second-order valence-electron chi connectivity index (χ2n) is 2.91. The van der Waals surface area contributed by atoms with Crippen LogP contribution in [0.1, 0.15) is 5.56 Å². The Morgan fingerprint density at radius 2 is 2.27 bits per heavy atom. The highest BCUT2D eigenvalue weighted by Gasteiger charge is 2.22. The fourth-order valence-electron chi connectivity index (χ4n) is 1.37. The van der Waals surface area contributed by atoms with E-state index in [-0.39, 0.29) is 30.2 Å². The molecule has 1 aromatic rings. The lowest BCUT2D eigenvalue weighted by Crippen LogP contribution is -2.04. The molecule has 0 bridgehead atoms. The molecule has 3 N–H and O–H groups in total. The molecule has 82 valence electrons. The lowest BCUT2D eigenvalue weighted by molar-refractivity contribution is -0.386. The quantitative estimate of drug-likeness (QED) is 0.435. The number of nitro benzene ring substituents is 1. The molecule has 0 unspecified atom stereocenters. The van der Waals surface area contributed by atoms with E-state index in [1.54, 1.807) is 0 Å². The van der Waals surface area contributed by atoms with Crippen molar-refractivity contribution in [1.29, 1.82) is 0 Å². The minimum absolute atomic E-state index is 0.138. The minimum atomic E-state index is -0.555. The highest BCUT2D eigenvalue weighted by molar-refractivity contribution is 5.64. The summed E-state index contributed by atoms with van der Waals surface area (Å²) in [6.07, 6.45) is 0.138. The van der Waals surface area contributed by atoms with Gasteiger partial charge in [-0.05, 0) is 12.1 Å². The molecule has 0 heterocycles. The van der Waals surface area contributed by atoms with Crippen molar-refractivity contribution in [3.63, 3.8) is 0 Å². The summed E-state index contributed by atoms with van der Waals surface area (Å²) in [4.78, 5) is 10.3. The first-order valence-corrected chi connectivity index (χ1v) is 4.32. The lowest BCUT2D eigenvalue weighted by atomic mass is 10.1. The Labute approximate surface area is 86.4 Å². The van der Waals surface area contributed by atoms with E-state index in [1.807, 2.05) is 0 Å². The summed E-state index contributed by atoms with van der Waals surface area (Å²) >= 11 is 0. The first kappa shape index (κ1) is 11.3. The van der Waals surface area contributed by atoms with Crippen molar-refractivity contribution in [1.82, 2.24) is 0 Å². The lowest BCUT2D eigenvalue weighted by Gasteiger charge is -2.08. The molecule has 0 amide bonds. The van der Waals surface area contributed by atoms with Crippen LogP contribution in [0.3, 0.4) is 0 Å². The van der Waals surface area contributed by atoms with Crippen LogP contribution in [-0.4, -0.2) is 23.7 Å². The second kappa shape index (κ2) is 4.61. The van der Waals surface area contributed by atoms with Gasteiger partial charge < -0.3 is 15.6 Å². The van der Waals surface area contributed by atoms with Crippen molar-refractivity contribution in [2.24, 2.45) is 0 Å². The number of nitrogen functional groups attached to an aromatic ring is 1. The molecule has 0 fully saturated rings. The zero-order chi connectivity index (χ0) is 11.4. The van der Waals surface area contributed by atoms with Gasteiger partial charge in [-0.3, -0.25) is 10.1 Å². The Morgan fingerprint density at radius 1 is 1.60 bits per heavy atom. The van der Waals surface area contributed by atoms with Crippen LogP contribution in [0.4, 0.5) is 11.4 Å². The van der Waals surface area contributed by atoms with Crippen molar-refractivity contribution in [3.05, 3.63) is 27.8 Å². The standard InChI is InChI=1S/C9H12N2O4/c1-15-8-3-2-7(10)6(4-5-12)9(8)11(13)14/h2-3,12H,4-5,10H2,1H3. The summed E-state index contributed by atoms with van der Waals surface area (Å²) in [6, 6.07) is 2.96. The number of rotatable bonds is 4. The summed E-state index contributed by atoms with van der Waals surface area (Å²) in [5.74, 6) is 0.151. The summed E-state index contributed by atoms with van der Waals surface area (Å²) < 4.78 is 4.87. The van der Waals surface area contributed by atoms with Gasteiger partial charge in [-0.25, -0.2) is 0 Å². The van der Waals surface area contributed by atoms with Crippen LogP contribution in [0.5, 0.6) is 5.75 Å². The number of methoxy groups -OCH3 is 1. The molecule has 15 heavy (non-hydrogen) atoms. The normalized spacial score (nSPS) is 10.0. The van der Waals surface area contributed by atoms with Crippen LogP contribution in [-0.2, 0) is 6.42 Å². The van der Waals surface area contributed by atoms with Crippen molar-refractivity contribution in [2.45, 2.75) is 6.42 Å². The van der Waals surface area contributed by atoms with Crippen molar-refractivity contribution >= 4 is 11.4 Å². The average Bonchev–Trinajstić information content (AvgIpc) is 2.20. The SMILES string of the molecule is COc1ccc(N)c(CCO)c1[N+](=O)[O-]. The number of anilines is 1. The number of hydrogen-bond donors (Lipinski definition) is 2. The maximum Gasteiger partial charge on any atom is 0.316 e. The van der Waals surface area contributed by atoms with Crippen LogP contribution in [0, 0.1) is 10.1 Å². The van der Waals surface area contributed by atoms with Crippen LogP contribution >= 0.6 is 0 Å². The average molecular weight is 212 g/mol. The Hall–Kier alpha value is -1.82. The predicted octanol–water partition coefficient (Wildman–Crippen LogP) is 0.720. The van der Waals surface area contributed by atoms with Crippen LogP contribution < -0.4 is 10.5 Å². The van der Waals surface area contributed by atoms with Crippen LogP contribution in [0.25, 0.3) is 0 Å². The van der Waals surface area contributed by atoms with Gasteiger partial charge in [0.25, 0.3) is 0 Å². The maximum absolute atomic E-state index is 10.8. The number of benzene rings is 1. The molecule has 0 saturated heterocycles. The number of nitrogens with zero attached hydrogens (tertiary/aromatic N) is 1. The molecule has 0 spiro atoms. The van der Waals surface area contributed by atoms with Gasteiger partial charge in [0.2, 0.25) is 0 Å². The first-order chi connectivity index (χ1) is 7.11. The van der Waals surface area contributed by atoms with E-state index in [0.29, 0.717) is 5.56 Å². The second-order valence-corrected chi connectivity index (χ2v) is 2.91. The topological polar surface area (TPSA) is 98.6 Å². The highest BCUT2D eigenvalue weighted by atomic mass is 16.6. The Kier molecular flexibility index (Phi) is 3.46. The molecule has 0 aliphatic heterocycles. The Bertz CT molecular complexity index is 379. The number of hydrogen-bond acceptors (Lipinski definition) is 5. The fourth-order valence-corrected chi connectivity index (χ4v) is 1.37. The van der Waals surface area contributed by atoms with Gasteiger partial charge >= 0.3 is 5.69 Å². The molecule has 0 atom stereocenters. The third-order valence-electron chi connectivity index (χ3n) is 2.05. The van der Waals surface area contributed by atoms with E-state index in [9.17, 15) is 10.1 Å². The van der Waals surface area contributed by atoms with E-state index in [0.717, 1.165) is 0 Å². The third-order valence-corrected chi connectivity index (χ3v) is 2.05. The molecule has 1 rings (SSSR count). The summed E-state index contributed by atoms with van der Waals surface area (Å²) in [6.45, 7) is -0.196. The Balaban J connectivity index is 3.36. The molecule has 6 heteroatoms. The number of nitrogens with two attached hydrogens (primary N) is 1. The van der Waals surface area contributed by atoms with Crippen LogP contribution in [0.15, 0.2) is 12.1 Å². The van der Waals surface area contributed by atoms with E-state index in [1.165, 1.54) is 19.2 Å². The molecule has 1 aromatic carbocycles. The monoisotopic (exact) mass is 212 g/mol. The number of aliphatic hydroxyl groups excluding tert-OH is 1. The fraction of sp³-hybridized carbons (Fsp3) is 0.333. The van der Waals surface area contributed by atoms with Gasteiger partial charge in [0.1, 0.15) is 0 Å². The zero-order valence-corrected chi connectivity index (χ0v) is 8.27. The molecule has 0 aliphatic carbocycles. The molecule has 0 aliphatic rings. The molecular weight excluding hydrogens is 200 g/mol. The number of aliphatic hydroxyl groups is 1. The van der Waals surface area contributed by atoms with Crippen molar-refractivity contribution in [3.8, 4) is 5.75 Å². The van der Waals surface area contributed by atoms with Gasteiger partial charge in [-0.2, -0.15) is 0 Å². The number of ether oxygens (including phenoxy) is 1. The van der Waals surface area contributed by atoms with Gasteiger partial charge in [0.15, 0.2) is 5.75 Å². The van der Waals surface area contributed by atoms with Crippen LogP contribution in [0.2, 0.25) is 0 Å². The summed E-state index contributed by atoms with van der Waals surface area (Å²) in [5.41, 5.74) is 6.02. The van der Waals surface area contributed by atoms with Crippen molar-refractivity contribution in [2.75, 3.05) is 19.5 Å². The van der Waals surface area contributed by atoms with Gasteiger partial charge in [-0.1, -0.05) is 0 Å². The van der Waals surface area contributed by atoms with E-state index in [2.05, 4.69) is 0 Å². The largest absolute Gasteiger partial charge is 0.490 e. The summed E-state index contributed by atoms with van der Waals surface area (Å²) in [7, 11) is 1.35. The predicted molar refractivity (Wildman–Crippen MR) is 54.9 cm³/mol. The molecule has 0 saturated carbocycles. The first-order valence-electron chi connectivity index (χ1n) is 4.32. The van der Waals surface area contributed by atoms with E-state index >= 15 is 0 Å². The molecule has 6 nitrogen and oxygen atoms in total.